The van der Waals surface area contributed by atoms with Gasteiger partial charge in [0.05, 0.1) is 5.69 Å². The molecule has 1 atom stereocenters. The number of piperidine rings is 1. The number of carbonyl (C=O) groups is 1. The maximum atomic E-state index is 12.3. The van der Waals surface area contributed by atoms with Gasteiger partial charge in [-0.05, 0) is 63.6 Å². The number of hydrogen-bond donors (Lipinski definition) is 1. The minimum Gasteiger partial charge on any atom is -0.444 e. The van der Waals surface area contributed by atoms with Crippen LogP contribution in [-0.2, 0) is 18.3 Å². The third-order valence-electron chi connectivity index (χ3n) is 5.37. The predicted molar refractivity (Wildman–Crippen MR) is 112 cm³/mol. The van der Waals surface area contributed by atoms with Crippen LogP contribution in [-0.4, -0.2) is 44.4 Å². The van der Waals surface area contributed by atoms with Gasteiger partial charge in [-0.25, -0.2) is 4.79 Å². The molecule has 0 bridgehead atoms. The maximum Gasteiger partial charge on any atom is 0.410 e. The summed E-state index contributed by atoms with van der Waals surface area (Å²) in [6, 6.07) is 6.37. The molecule has 1 aliphatic rings. The first kappa shape index (κ1) is 21.3. The van der Waals surface area contributed by atoms with Gasteiger partial charge in [-0.15, -0.1) is 0 Å². The van der Waals surface area contributed by atoms with E-state index in [2.05, 4.69) is 21.5 Å². The molecular weight excluding hydrogens is 366 g/mol. The fourth-order valence-electron chi connectivity index (χ4n) is 3.73. The summed E-state index contributed by atoms with van der Waals surface area (Å²) in [6.45, 7) is 7.98. The number of amides is 1. The van der Waals surface area contributed by atoms with E-state index < -0.39 is 5.60 Å². The zero-order valence-corrected chi connectivity index (χ0v) is 18.0. The van der Waals surface area contributed by atoms with Gasteiger partial charge >= 0.3 is 6.09 Å². The first-order valence-electron chi connectivity index (χ1n) is 10.4. The van der Waals surface area contributed by atoms with Crippen molar-refractivity contribution >= 4 is 6.09 Å². The number of aromatic nitrogens is 3. The topological polar surface area (TPSA) is 72.3 Å². The van der Waals surface area contributed by atoms with Crippen molar-refractivity contribution in [1.29, 1.82) is 0 Å². The Hall–Kier alpha value is -2.41. The normalized spacial score (nSPS) is 16.6. The third kappa shape index (κ3) is 6.29. The molecule has 3 rings (SSSR count). The summed E-state index contributed by atoms with van der Waals surface area (Å²) in [6.07, 6.45) is 8.37. The van der Waals surface area contributed by atoms with Crippen molar-refractivity contribution in [3.8, 4) is 0 Å². The highest BCUT2D eigenvalue weighted by Crippen LogP contribution is 2.29. The van der Waals surface area contributed by atoms with Gasteiger partial charge < -0.3 is 15.0 Å². The van der Waals surface area contributed by atoms with Crippen LogP contribution in [0.5, 0.6) is 0 Å². The molecule has 1 N–H and O–H groups in total. The standard InChI is InChI=1S/C22H33N5O2/c1-22(2,3)29-21(28)27-12-8-17(9-13-27)14-20(18-6-5-10-23-15-18)24-16-19-7-11-25-26(19)4/h5-7,10-11,15,17,20,24H,8-9,12-14,16H2,1-4H3. The number of hydrogen-bond acceptors (Lipinski definition) is 5. The number of rotatable bonds is 6. The largest absolute Gasteiger partial charge is 0.444 e. The molecule has 2 aromatic rings. The quantitative estimate of drug-likeness (QED) is 0.802. The number of likely N-dealkylation sites (tertiary alicyclic amines) is 1. The molecule has 0 aromatic carbocycles. The summed E-state index contributed by atoms with van der Waals surface area (Å²) < 4.78 is 7.41. The molecule has 1 fully saturated rings. The van der Waals surface area contributed by atoms with E-state index in [0.717, 1.165) is 44.6 Å². The van der Waals surface area contributed by atoms with Crippen molar-refractivity contribution in [2.75, 3.05) is 13.1 Å². The van der Waals surface area contributed by atoms with Crippen molar-refractivity contribution in [2.24, 2.45) is 13.0 Å². The van der Waals surface area contributed by atoms with Crippen LogP contribution in [0.25, 0.3) is 0 Å². The molecule has 1 aliphatic heterocycles. The molecule has 7 heteroatoms. The molecule has 2 aromatic heterocycles. The first-order valence-corrected chi connectivity index (χ1v) is 10.4. The van der Waals surface area contributed by atoms with E-state index in [4.69, 9.17) is 4.74 Å². The molecule has 3 heterocycles. The lowest BCUT2D eigenvalue weighted by molar-refractivity contribution is 0.0177. The van der Waals surface area contributed by atoms with Crippen LogP contribution in [0, 0.1) is 5.92 Å². The minimum atomic E-state index is -0.449. The zero-order chi connectivity index (χ0) is 20.9. The van der Waals surface area contributed by atoms with Gasteiger partial charge in [-0.2, -0.15) is 5.10 Å². The highest BCUT2D eigenvalue weighted by atomic mass is 16.6. The summed E-state index contributed by atoms with van der Waals surface area (Å²) in [7, 11) is 1.96. The highest BCUT2D eigenvalue weighted by Gasteiger charge is 2.28. The summed E-state index contributed by atoms with van der Waals surface area (Å²) in [5, 5.41) is 7.93. The van der Waals surface area contributed by atoms with E-state index in [1.807, 2.05) is 61.9 Å². The van der Waals surface area contributed by atoms with E-state index in [1.54, 1.807) is 6.20 Å². The fraction of sp³-hybridized carbons (Fsp3) is 0.591. The van der Waals surface area contributed by atoms with Gasteiger partial charge in [0.1, 0.15) is 5.60 Å². The van der Waals surface area contributed by atoms with Crippen LogP contribution >= 0.6 is 0 Å². The molecule has 7 nitrogen and oxygen atoms in total. The van der Waals surface area contributed by atoms with Crippen LogP contribution in [0.3, 0.4) is 0 Å². The van der Waals surface area contributed by atoms with Crippen LogP contribution < -0.4 is 5.32 Å². The van der Waals surface area contributed by atoms with E-state index in [9.17, 15) is 4.79 Å². The Bertz CT molecular complexity index is 776. The van der Waals surface area contributed by atoms with Gasteiger partial charge in [-0.3, -0.25) is 9.67 Å². The molecule has 1 unspecified atom stereocenters. The second-order valence-electron chi connectivity index (χ2n) is 8.81. The lowest BCUT2D eigenvalue weighted by atomic mass is 9.88. The second kappa shape index (κ2) is 9.39. The summed E-state index contributed by atoms with van der Waals surface area (Å²) in [4.78, 5) is 18.4. The Labute approximate surface area is 173 Å². The lowest BCUT2D eigenvalue weighted by Gasteiger charge is -2.35. The van der Waals surface area contributed by atoms with Crippen LogP contribution in [0.1, 0.15) is 57.3 Å². The molecule has 1 saturated heterocycles. The summed E-state index contributed by atoms with van der Waals surface area (Å²) in [5.41, 5.74) is 1.90. The number of aryl methyl sites for hydroxylation is 1. The van der Waals surface area contributed by atoms with Crippen molar-refractivity contribution in [1.82, 2.24) is 25.0 Å². The Morgan fingerprint density at radius 1 is 1.28 bits per heavy atom. The van der Waals surface area contributed by atoms with Gasteiger partial charge in [-0.1, -0.05) is 6.07 Å². The molecule has 29 heavy (non-hydrogen) atoms. The monoisotopic (exact) mass is 399 g/mol. The van der Waals surface area contributed by atoms with E-state index >= 15 is 0 Å². The minimum absolute atomic E-state index is 0.200. The summed E-state index contributed by atoms with van der Waals surface area (Å²) >= 11 is 0. The Morgan fingerprint density at radius 3 is 2.62 bits per heavy atom. The van der Waals surface area contributed by atoms with Crippen molar-refractivity contribution in [3.63, 3.8) is 0 Å². The number of pyridine rings is 1. The van der Waals surface area contributed by atoms with Gasteiger partial charge in [0.25, 0.3) is 0 Å². The van der Waals surface area contributed by atoms with E-state index in [-0.39, 0.29) is 12.1 Å². The van der Waals surface area contributed by atoms with Crippen molar-refractivity contribution < 1.29 is 9.53 Å². The zero-order valence-electron chi connectivity index (χ0n) is 18.0. The lowest BCUT2D eigenvalue weighted by Crippen LogP contribution is -2.42. The van der Waals surface area contributed by atoms with Gasteiger partial charge in [0, 0.05) is 51.3 Å². The van der Waals surface area contributed by atoms with Gasteiger partial charge in [0.15, 0.2) is 0 Å². The molecule has 1 amide bonds. The molecular formula is C22H33N5O2. The molecule has 0 saturated carbocycles. The molecule has 0 spiro atoms. The van der Waals surface area contributed by atoms with Crippen LogP contribution in [0.15, 0.2) is 36.8 Å². The van der Waals surface area contributed by atoms with Gasteiger partial charge in [0.2, 0.25) is 0 Å². The number of carbonyl (C=O) groups excluding carboxylic acids is 1. The first-order chi connectivity index (χ1) is 13.8. The summed E-state index contributed by atoms with van der Waals surface area (Å²) in [5.74, 6) is 0.554. The molecule has 0 aliphatic carbocycles. The average molecular weight is 400 g/mol. The van der Waals surface area contributed by atoms with Crippen molar-refractivity contribution in [2.45, 2.75) is 58.2 Å². The Kier molecular flexibility index (Phi) is 6.90. The van der Waals surface area contributed by atoms with E-state index in [0.29, 0.717) is 5.92 Å². The number of ether oxygens (including phenoxy) is 1. The second-order valence-corrected chi connectivity index (χ2v) is 8.81. The van der Waals surface area contributed by atoms with Crippen LogP contribution in [0.4, 0.5) is 4.79 Å². The van der Waals surface area contributed by atoms with Crippen molar-refractivity contribution in [3.05, 3.63) is 48.0 Å². The van der Waals surface area contributed by atoms with Crippen LogP contribution in [0.2, 0.25) is 0 Å². The Balaban J connectivity index is 1.57. The molecule has 158 valence electrons. The van der Waals surface area contributed by atoms with E-state index in [1.165, 1.54) is 5.56 Å². The smallest absolute Gasteiger partial charge is 0.410 e. The molecule has 0 radical (unpaired) electrons. The highest BCUT2D eigenvalue weighted by molar-refractivity contribution is 5.68. The Morgan fingerprint density at radius 2 is 2.03 bits per heavy atom. The third-order valence-corrected chi connectivity index (χ3v) is 5.37. The average Bonchev–Trinajstić information content (AvgIpc) is 3.10. The number of nitrogens with one attached hydrogen (secondary N) is 1. The fourth-order valence-corrected chi connectivity index (χ4v) is 3.73. The maximum absolute atomic E-state index is 12.3. The SMILES string of the molecule is Cn1nccc1CNC(CC1CCN(C(=O)OC(C)(C)C)CC1)c1cccnc1. The predicted octanol–water partition coefficient (Wildman–Crippen LogP) is 3.68. The number of nitrogens with zero attached hydrogens (tertiary/aromatic N) is 4.